The second-order valence-corrected chi connectivity index (χ2v) is 7.39. The van der Waals surface area contributed by atoms with Crippen molar-refractivity contribution < 1.29 is 9.32 Å². The highest BCUT2D eigenvalue weighted by atomic mass is 32.1. The number of nitrogens with one attached hydrogen (secondary N) is 1. The second kappa shape index (κ2) is 8.71. The third-order valence-electron chi connectivity index (χ3n) is 4.20. The van der Waals surface area contributed by atoms with Crippen molar-refractivity contribution in [3.8, 4) is 11.4 Å². The van der Waals surface area contributed by atoms with Crippen molar-refractivity contribution in [3.05, 3.63) is 59.7 Å². The lowest BCUT2D eigenvalue weighted by Gasteiger charge is -2.02. The van der Waals surface area contributed by atoms with Crippen LogP contribution in [0.5, 0.6) is 0 Å². The zero-order valence-corrected chi connectivity index (χ0v) is 16.0. The predicted molar refractivity (Wildman–Crippen MR) is 107 cm³/mol. The van der Waals surface area contributed by atoms with E-state index in [2.05, 4.69) is 31.5 Å². The summed E-state index contributed by atoms with van der Waals surface area (Å²) in [4.78, 5) is 24.9. The van der Waals surface area contributed by atoms with E-state index in [9.17, 15) is 4.79 Å². The molecule has 0 saturated heterocycles. The Morgan fingerprint density at radius 1 is 1.07 bits per heavy atom. The van der Waals surface area contributed by atoms with E-state index in [0.717, 1.165) is 28.9 Å². The van der Waals surface area contributed by atoms with Gasteiger partial charge in [0.15, 0.2) is 0 Å². The van der Waals surface area contributed by atoms with Gasteiger partial charge in [-0.2, -0.15) is 4.98 Å². The molecule has 0 aliphatic rings. The van der Waals surface area contributed by atoms with Crippen LogP contribution in [0.1, 0.15) is 23.7 Å². The van der Waals surface area contributed by atoms with Crippen molar-refractivity contribution in [2.24, 2.45) is 0 Å². The first-order valence-electron chi connectivity index (χ1n) is 9.12. The highest BCUT2D eigenvalue weighted by Gasteiger charge is 2.10. The molecule has 0 fully saturated rings. The number of para-hydroxylation sites is 1. The number of benzene rings is 1. The Morgan fingerprint density at radius 3 is 2.79 bits per heavy atom. The molecule has 8 heteroatoms. The molecule has 3 aromatic heterocycles. The summed E-state index contributed by atoms with van der Waals surface area (Å²) in [7, 11) is 0. The lowest BCUT2D eigenvalue weighted by Crippen LogP contribution is -2.25. The van der Waals surface area contributed by atoms with Gasteiger partial charge in [0.05, 0.1) is 15.2 Å². The van der Waals surface area contributed by atoms with Crippen LogP contribution < -0.4 is 5.32 Å². The van der Waals surface area contributed by atoms with Gasteiger partial charge in [-0.05, 0) is 30.7 Å². The summed E-state index contributed by atoms with van der Waals surface area (Å²) in [6.45, 7) is 0.626. The van der Waals surface area contributed by atoms with E-state index >= 15 is 0 Å². The molecule has 7 nitrogen and oxygen atoms in total. The molecule has 4 rings (SSSR count). The van der Waals surface area contributed by atoms with Gasteiger partial charge < -0.3 is 9.84 Å². The lowest BCUT2D eigenvalue weighted by atomic mass is 10.2. The Kier molecular flexibility index (Phi) is 5.67. The van der Waals surface area contributed by atoms with Crippen molar-refractivity contribution in [1.29, 1.82) is 0 Å². The average molecular weight is 393 g/mol. The van der Waals surface area contributed by atoms with Crippen LogP contribution in [0, 0.1) is 0 Å². The Balaban J connectivity index is 1.18. The minimum Gasteiger partial charge on any atom is -0.356 e. The Bertz CT molecular complexity index is 1030. The van der Waals surface area contributed by atoms with E-state index < -0.39 is 0 Å². The Labute approximate surface area is 165 Å². The highest BCUT2D eigenvalue weighted by molar-refractivity contribution is 7.18. The standard InChI is InChI=1S/C20H19N5O2S/c26-17(7-8-18-24-20(25-27-18)14-9-12-21-13-10-14)22-11-3-6-19-23-15-4-1-2-5-16(15)28-19/h1-2,4-5,9-10,12-13H,3,6-8,11H2,(H,22,26). The van der Waals surface area contributed by atoms with Crippen molar-refractivity contribution >= 4 is 27.5 Å². The topological polar surface area (TPSA) is 93.8 Å². The van der Waals surface area contributed by atoms with Crippen molar-refractivity contribution in [1.82, 2.24) is 25.4 Å². The van der Waals surface area contributed by atoms with E-state index in [0.29, 0.717) is 31.1 Å². The normalized spacial score (nSPS) is 11.0. The maximum atomic E-state index is 12.0. The van der Waals surface area contributed by atoms with E-state index in [1.165, 1.54) is 4.70 Å². The summed E-state index contributed by atoms with van der Waals surface area (Å²) in [5.41, 5.74) is 1.88. The number of pyridine rings is 1. The van der Waals surface area contributed by atoms with Gasteiger partial charge >= 0.3 is 0 Å². The van der Waals surface area contributed by atoms with Gasteiger partial charge in [0, 0.05) is 43.8 Å². The maximum Gasteiger partial charge on any atom is 0.227 e. The highest BCUT2D eigenvalue weighted by Crippen LogP contribution is 2.22. The first-order chi connectivity index (χ1) is 13.8. The summed E-state index contributed by atoms with van der Waals surface area (Å²) in [5.74, 6) is 0.943. The molecule has 0 saturated carbocycles. The SMILES string of the molecule is O=C(CCc1nc(-c2ccncc2)no1)NCCCc1nc2ccccc2s1. The molecular weight excluding hydrogens is 374 g/mol. The van der Waals surface area contributed by atoms with Crippen LogP contribution in [0.15, 0.2) is 53.3 Å². The third-order valence-corrected chi connectivity index (χ3v) is 5.30. The van der Waals surface area contributed by atoms with E-state index in [1.54, 1.807) is 23.7 Å². The molecule has 1 aromatic carbocycles. The average Bonchev–Trinajstić information content (AvgIpc) is 3.37. The summed E-state index contributed by atoms with van der Waals surface area (Å²) in [6, 6.07) is 11.7. The fourth-order valence-electron chi connectivity index (χ4n) is 2.78. The minimum absolute atomic E-state index is 0.0204. The summed E-state index contributed by atoms with van der Waals surface area (Å²) in [6.07, 6.45) is 5.80. The zero-order valence-electron chi connectivity index (χ0n) is 15.2. The molecule has 28 heavy (non-hydrogen) atoms. The molecule has 0 spiro atoms. The monoisotopic (exact) mass is 393 g/mol. The number of hydrogen-bond donors (Lipinski definition) is 1. The molecule has 1 amide bonds. The quantitative estimate of drug-likeness (QED) is 0.461. The van der Waals surface area contributed by atoms with Crippen molar-refractivity contribution in [2.45, 2.75) is 25.7 Å². The first kappa shape index (κ1) is 18.2. The van der Waals surface area contributed by atoms with E-state index in [-0.39, 0.29) is 5.91 Å². The summed E-state index contributed by atoms with van der Waals surface area (Å²) in [5, 5.41) is 7.98. The van der Waals surface area contributed by atoms with Crippen LogP contribution in [-0.2, 0) is 17.6 Å². The first-order valence-corrected chi connectivity index (χ1v) is 9.94. The van der Waals surface area contributed by atoms with Gasteiger partial charge in [0.25, 0.3) is 0 Å². The molecule has 4 aromatic rings. The van der Waals surface area contributed by atoms with E-state index in [4.69, 9.17) is 4.52 Å². The fourth-order valence-corrected chi connectivity index (χ4v) is 3.79. The molecule has 0 bridgehead atoms. The molecule has 0 aliphatic carbocycles. The van der Waals surface area contributed by atoms with Crippen LogP contribution in [0.4, 0.5) is 0 Å². The molecule has 3 heterocycles. The molecule has 142 valence electrons. The van der Waals surface area contributed by atoms with Crippen LogP contribution >= 0.6 is 11.3 Å². The van der Waals surface area contributed by atoms with Gasteiger partial charge in [-0.3, -0.25) is 9.78 Å². The number of hydrogen-bond acceptors (Lipinski definition) is 7. The predicted octanol–water partition coefficient (Wildman–Crippen LogP) is 3.42. The van der Waals surface area contributed by atoms with Gasteiger partial charge in [0.1, 0.15) is 0 Å². The summed E-state index contributed by atoms with van der Waals surface area (Å²) < 4.78 is 6.41. The lowest BCUT2D eigenvalue weighted by molar-refractivity contribution is -0.121. The molecular formula is C20H19N5O2S. The number of thiazole rings is 1. The number of carbonyl (C=O) groups is 1. The largest absolute Gasteiger partial charge is 0.356 e. The minimum atomic E-state index is -0.0204. The molecule has 0 radical (unpaired) electrons. The van der Waals surface area contributed by atoms with Crippen LogP contribution in [0.3, 0.4) is 0 Å². The summed E-state index contributed by atoms with van der Waals surface area (Å²) >= 11 is 1.71. The van der Waals surface area contributed by atoms with Crippen LogP contribution in [0.2, 0.25) is 0 Å². The van der Waals surface area contributed by atoms with Gasteiger partial charge in [-0.1, -0.05) is 17.3 Å². The number of aryl methyl sites for hydroxylation is 2. The molecule has 1 N–H and O–H groups in total. The van der Waals surface area contributed by atoms with Gasteiger partial charge in [-0.25, -0.2) is 4.98 Å². The Morgan fingerprint density at radius 2 is 1.93 bits per heavy atom. The third kappa shape index (κ3) is 4.58. The maximum absolute atomic E-state index is 12.0. The number of aromatic nitrogens is 4. The van der Waals surface area contributed by atoms with Gasteiger partial charge in [-0.15, -0.1) is 11.3 Å². The number of rotatable bonds is 8. The fraction of sp³-hybridized carbons (Fsp3) is 0.250. The van der Waals surface area contributed by atoms with E-state index in [1.807, 2.05) is 30.3 Å². The number of nitrogens with zero attached hydrogens (tertiary/aromatic N) is 4. The zero-order chi connectivity index (χ0) is 19.2. The van der Waals surface area contributed by atoms with Crippen molar-refractivity contribution in [3.63, 3.8) is 0 Å². The van der Waals surface area contributed by atoms with Crippen LogP contribution in [0.25, 0.3) is 21.6 Å². The number of carbonyl (C=O) groups excluding carboxylic acids is 1. The smallest absolute Gasteiger partial charge is 0.227 e. The molecule has 0 aliphatic heterocycles. The Hall–Kier alpha value is -3.13. The second-order valence-electron chi connectivity index (χ2n) is 6.28. The van der Waals surface area contributed by atoms with Crippen molar-refractivity contribution in [2.75, 3.05) is 6.54 Å². The number of amides is 1. The molecule has 0 atom stereocenters. The van der Waals surface area contributed by atoms with Gasteiger partial charge in [0.2, 0.25) is 17.6 Å². The molecule has 0 unspecified atom stereocenters. The van der Waals surface area contributed by atoms with Crippen LogP contribution in [-0.4, -0.2) is 32.6 Å². The number of fused-ring (bicyclic) bond motifs is 1.